The predicted octanol–water partition coefficient (Wildman–Crippen LogP) is 2.75. The Hall–Kier alpha value is -1.58. The summed E-state index contributed by atoms with van der Waals surface area (Å²) in [5.74, 6) is -1.08. The largest absolute Gasteiger partial charge is 0.494 e. The molecule has 0 spiro atoms. The van der Waals surface area contributed by atoms with Gasteiger partial charge in [0, 0.05) is 0 Å². The van der Waals surface area contributed by atoms with Crippen LogP contribution in [0.4, 0.5) is 4.39 Å². The number of hydrogen-bond donors (Lipinski definition) is 0. The standard InChI is InChI=1S/C13H17FO3/c1-8(2)12(13(15)17-4)9-5-6-11(16-3)10(14)7-9/h5-8,12H,1-4H3. The molecule has 0 N–H and O–H groups in total. The van der Waals surface area contributed by atoms with Gasteiger partial charge in [0.1, 0.15) is 0 Å². The molecule has 0 amide bonds. The van der Waals surface area contributed by atoms with Crippen LogP contribution in [0.25, 0.3) is 0 Å². The second-order valence-electron chi connectivity index (χ2n) is 4.14. The highest BCUT2D eigenvalue weighted by Crippen LogP contribution is 2.29. The average molecular weight is 240 g/mol. The van der Waals surface area contributed by atoms with E-state index in [4.69, 9.17) is 9.47 Å². The van der Waals surface area contributed by atoms with Crippen molar-refractivity contribution in [2.24, 2.45) is 5.92 Å². The average Bonchev–Trinajstić information content (AvgIpc) is 2.28. The van der Waals surface area contributed by atoms with Crippen molar-refractivity contribution in [3.05, 3.63) is 29.6 Å². The Bertz CT molecular complexity index is 402. The first-order chi connectivity index (χ1) is 8.01. The van der Waals surface area contributed by atoms with Gasteiger partial charge in [-0.25, -0.2) is 4.39 Å². The molecule has 1 aromatic carbocycles. The van der Waals surface area contributed by atoms with Crippen LogP contribution in [0.15, 0.2) is 18.2 Å². The summed E-state index contributed by atoms with van der Waals surface area (Å²) in [4.78, 5) is 11.6. The van der Waals surface area contributed by atoms with E-state index >= 15 is 0 Å². The van der Waals surface area contributed by atoms with Crippen molar-refractivity contribution < 1.29 is 18.7 Å². The molecule has 3 nitrogen and oxygen atoms in total. The van der Waals surface area contributed by atoms with Crippen LogP contribution in [0.2, 0.25) is 0 Å². The highest BCUT2D eigenvalue weighted by Gasteiger charge is 2.25. The normalized spacial score (nSPS) is 12.4. The summed E-state index contributed by atoms with van der Waals surface area (Å²) >= 11 is 0. The number of carbonyl (C=O) groups is 1. The Morgan fingerprint density at radius 1 is 1.29 bits per heavy atom. The van der Waals surface area contributed by atoms with E-state index in [1.165, 1.54) is 26.4 Å². The van der Waals surface area contributed by atoms with Gasteiger partial charge in [0.15, 0.2) is 11.6 Å². The van der Waals surface area contributed by atoms with Gasteiger partial charge in [-0.05, 0) is 23.6 Å². The fraction of sp³-hybridized carbons (Fsp3) is 0.462. The number of hydrogen-bond acceptors (Lipinski definition) is 3. The lowest BCUT2D eigenvalue weighted by molar-refractivity contribution is -0.143. The second-order valence-corrected chi connectivity index (χ2v) is 4.14. The number of ether oxygens (including phenoxy) is 2. The molecule has 1 atom stereocenters. The van der Waals surface area contributed by atoms with Crippen molar-refractivity contribution in [3.8, 4) is 5.75 Å². The summed E-state index contributed by atoms with van der Waals surface area (Å²) in [6.45, 7) is 3.79. The van der Waals surface area contributed by atoms with Crippen molar-refractivity contribution in [3.63, 3.8) is 0 Å². The van der Waals surface area contributed by atoms with Crippen molar-refractivity contribution in [2.75, 3.05) is 14.2 Å². The molecule has 0 bridgehead atoms. The van der Waals surface area contributed by atoms with Crippen LogP contribution in [0, 0.1) is 11.7 Å². The molecule has 0 aliphatic heterocycles. The lowest BCUT2D eigenvalue weighted by atomic mass is 9.88. The molecule has 0 saturated carbocycles. The number of halogens is 1. The van der Waals surface area contributed by atoms with Gasteiger partial charge in [0.2, 0.25) is 0 Å². The van der Waals surface area contributed by atoms with Gasteiger partial charge < -0.3 is 9.47 Å². The van der Waals surface area contributed by atoms with Crippen molar-refractivity contribution in [1.29, 1.82) is 0 Å². The Kier molecular flexibility index (Phi) is 4.49. The summed E-state index contributed by atoms with van der Waals surface area (Å²) in [5, 5.41) is 0. The van der Waals surface area contributed by atoms with E-state index in [0.29, 0.717) is 5.56 Å². The van der Waals surface area contributed by atoms with Crippen LogP contribution < -0.4 is 4.74 Å². The topological polar surface area (TPSA) is 35.5 Å². The molecule has 0 fully saturated rings. The third-order valence-corrected chi connectivity index (χ3v) is 2.66. The molecule has 17 heavy (non-hydrogen) atoms. The molecule has 1 rings (SSSR count). The highest BCUT2D eigenvalue weighted by atomic mass is 19.1. The number of esters is 1. The first kappa shape index (κ1) is 13.5. The third kappa shape index (κ3) is 2.96. The first-order valence-electron chi connectivity index (χ1n) is 5.42. The summed E-state index contributed by atoms with van der Waals surface area (Å²) in [6, 6.07) is 4.52. The fourth-order valence-electron chi connectivity index (χ4n) is 1.80. The minimum atomic E-state index is -0.473. The minimum Gasteiger partial charge on any atom is -0.494 e. The van der Waals surface area contributed by atoms with Crippen molar-refractivity contribution in [2.45, 2.75) is 19.8 Å². The third-order valence-electron chi connectivity index (χ3n) is 2.66. The Labute approximate surface area is 101 Å². The maximum absolute atomic E-state index is 13.6. The summed E-state index contributed by atoms with van der Waals surface area (Å²) in [6.07, 6.45) is 0. The highest BCUT2D eigenvalue weighted by molar-refractivity contribution is 5.78. The molecule has 94 valence electrons. The van der Waals surface area contributed by atoms with Crippen LogP contribution in [0.1, 0.15) is 25.3 Å². The van der Waals surface area contributed by atoms with E-state index in [0.717, 1.165) is 0 Å². The molecule has 1 unspecified atom stereocenters. The summed E-state index contributed by atoms with van der Waals surface area (Å²) in [5.41, 5.74) is 0.602. The molecule has 0 radical (unpaired) electrons. The maximum atomic E-state index is 13.6. The van der Waals surface area contributed by atoms with Gasteiger partial charge in [-0.2, -0.15) is 0 Å². The lowest BCUT2D eigenvalue weighted by Gasteiger charge is -2.19. The van der Waals surface area contributed by atoms with E-state index in [2.05, 4.69) is 0 Å². The van der Waals surface area contributed by atoms with E-state index in [1.807, 2.05) is 13.8 Å². The smallest absolute Gasteiger partial charge is 0.313 e. The van der Waals surface area contributed by atoms with E-state index in [-0.39, 0.29) is 17.6 Å². The molecule has 0 saturated heterocycles. The van der Waals surface area contributed by atoms with E-state index in [1.54, 1.807) is 6.07 Å². The van der Waals surface area contributed by atoms with E-state index < -0.39 is 11.7 Å². The molecule has 0 aromatic heterocycles. The zero-order valence-corrected chi connectivity index (χ0v) is 10.5. The van der Waals surface area contributed by atoms with Crippen LogP contribution in [0.5, 0.6) is 5.75 Å². The van der Waals surface area contributed by atoms with Crippen LogP contribution in [-0.2, 0) is 9.53 Å². The van der Waals surface area contributed by atoms with Crippen LogP contribution in [-0.4, -0.2) is 20.2 Å². The Balaban J connectivity index is 3.11. The molecule has 4 heteroatoms. The van der Waals surface area contributed by atoms with Gasteiger partial charge in [-0.1, -0.05) is 19.9 Å². The van der Waals surface area contributed by atoms with Gasteiger partial charge >= 0.3 is 5.97 Å². The second kappa shape index (κ2) is 5.66. The van der Waals surface area contributed by atoms with Crippen LogP contribution >= 0.6 is 0 Å². The Morgan fingerprint density at radius 2 is 1.94 bits per heavy atom. The van der Waals surface area contributed by atoms with Crippen molar-refractivity contribution >= 4 is 5.97 Å². The lowest BCUT2D eigenvalue weighted by Crippen LogP contribution is -2.19. The first-order valence-corrected chi connectivity index (χ1v) is 5.42. The number of carbonyl (C=O) groups excluding carboxylic acids is 1. The molecule has 0 heterocycles. The summed E-state index contributed by atoms with van der Waals surface area (Å²) in [7, 11) is 2.73. The molecular formula is C13H17FO3. The SMILES string of the molecule is COC(=O)C(c1ccc(OC)c(F)c1)C(C)C. The monoisotopic (exact) mass is 240 g/mol. The predicted molar refractivity (Wildman–Crippen MR) is 62.5 cm³/mol. The number of benzene rings is 1. The zero-order valence-electron chi connectivity index (χ0n) is 10.5. The molecule has 0 aliphatic rings. The van der Waals surface area contributed by atoms with Gasteiger partial charge in [-0.15, -0.1) is 0 Å². The van der Waals surface area contributed by atoms with Gasteiger partial charge in [0.25, 0.3) is 0 Å². The number of rotatable bonds is 4. The molecular weight excluding hydrogens is 223 g/mol. The van der Waals surface area contributed by atoms with E-state index in [9.17, 15) is 9.18 Å². The maximum Gasteiger partial charge on any atom is 0.313 e. The summed E-state index contributed by atoms with van der Waals surface area (Å²) < 4.78 is 23.1. The number of methoxy groups -OCH3 is 2. The fourth-order valence-corrected chi connectivity index (χ4v) is 1.80. The minimum absolute atomic E-state index is 0.0373. The Morgan fingerprint density at radius 3 is 2.35 bits per heavy atom. The molecule has 0 aliphatic carbocycles. The molecule has 1 aromatic rings. The zero-order chi connectivity index (χ0) is 13.0. The quantitative estimate of drug-likeness (QED) is 0.759. The van der Waals surface area contributed by atoms with Gasteiger partial charge in [0.05, 0.1) is 20.1 Å². The van der Waals surface area contributed by atoms with Gasteiger partial charge in [-0.3, -0.25) is 4.79 Å². The van der Waals surface area contributed by atoms with Crippen molar-refractivity contribution in [1.82, 2.24) is 0 Å². The van der Waals surface area contributed by atoms with Crippen LogP contribution in [0.3, 0.4) is 0 Å².